The molecule has 0 saturated carbocycles. The van der Waals surface area contributed by atoms with Crippen molar-refractivity contribution in [1.29, 1.82) is 0 Å². The lowest BCUT2D eigenvalue weighted by Crippen LogP contribution is -2.34. The van der Waals surface area contributed by atoms with Crippen LogP contribution in [0.25, 0.3) is 11.1 Å². The second kappa shape index (κ2) is 8.10. The monoisotopic (exact) mass is 376 g/mol. The number of rotatable bonds is 5. The van der Waals surface area contributed by atoms with Gasteiger partial charge in [0.15, 0.2) is 0 Å². The molecule has 6 heteroatoms. The highest BCUT2D eigenvalue weighted by molar-refractivity contribution is 5.69. The lowest BCUT2D eigenvalue weighted by molar-refractivity contribution is 0.395. The SMILES string of the molecule is Cc1ccccc1-c1cn[nH]c1C1CCN(c2cncc(CN(C)C)n2)CC1. The lowest BCUT2D eigenvalue weighted by atomic mass is 9.88. The molecule has 0 radical (unpaired) electrons. The second-order valence-electron chi connectivity index (χ2n) is 7.88. The third-order valence-electron chi connectivity index (χ3n) is 5.48. The Kier molecular flexibility index (Phi) is 5.39. The van der Waals surface area contributed by atoms with Crippen LogP contribution in [-0.4, -0.2) is 52.3 Å². The summed E-state index contributed by atoms with van der Waals surface area (Å²) in [5, 5.41) is 7.65. The summed E-state index contributed by atoms with van der Waals surface area (Å²) in [4.78, 5) is 13.7. The Morgan fingerprint density at radius 3 is 2.61 bits per heavy atom. The van der Waals surface area contributed by atoms with Crippen LogP contribution in [0.5, 0.6) is 0 Å². The third-order valence-corrected chi connectivity index (χ3v) is 5.48. The standard InChI is InChI=1S/C22H28N6/c1-16-6-4-5-7-19(16)20-13-24-26-22(20)17-8-10-28(11-9-17)21-14-23-12-18(25-21)15-27(2)3/h4-7,12-14,17H,8-11,15H2,1-3H3,(H,24,26). The molecule has 0 spiro atoms. The van der Waals surface area contributed by atoms with Crippen LogP contribution in [0.2, 0.25) is 0 Å². The number of hydrogen-bond acceptors (Lipinski definition) is 5. The molecule has 0 aliphatic carbocycles. The van der Waals surface area contributed by atoms with Gasteiger partial charge in [-0.15, -0.1) is 0 Å². The molecule has 1 fully saturated rings. The van der Waals surface area contributed by atoms with E-state index >= 15 is 0 Å². The number of aromatic amines is 1. The summed E-state index contributed by atoms with van der Waals surface area (Å²) < 4.78 is 0. The maximum atomic E-state index is 4.80. The zero-order valence-electron chi connectivity index (χ0n) is 16.9. The van der Waals surface area contributed by atoms with E-state index < -0.39 is 0 Å². The number of nitrogens with one attached hydrogen (secondary N) is 1. The molecule has 4 rings (SSSR count). The van der Waals surface area contributed by atoms with Gasteiger partial charge in [-0.3, -0.25) is 10.1 Å². The van der Waals surface area contributed by atoms with Crippen molar-refractivity contribution in [2.24, 2.45) is 0 Å². The largest absolute Gasteiger partial charge is 0.355 e. The molecule has 2 aromatic heterocycles. The van der Waals surface area contributed by atoms with Gasteiger partial charge in [-0.1, -0.05) is 24.3 Å². The van der Waals surface area contributed by atoms with Gasteiger partial charge in [0.05, 0.1) is 18.1 Å². The fraction of sp³-hybridized carbons (Fsp3) is 0.409. The quantitative estimate of drug-likeness (QED) is 0.737. The molecule has 0 atom stereocenters. The summed E-state index contributed by atoms with van der Waals surface area (Å²) in [6, 6.07) is 8.53. The van der Waals surface area contributed by atoms with Crippen molar-refractivity contribution in [3.8, 4) is 11.1 Å². The maximum Gasteiger partial charge on any atom is 0.147 e. The first-order chi connectivity index (χ1) is 13.6. The molecule has 28 heavy (non-hydrogen) atoms. The Labute approximate surface area is 166 Å². The van der Waals surface area contributed by atoms with Gasteiger partial charge in [0.1, 0.15) is 5.82 Å². The van der Waals surface area contributed by atoms with E-state index in [-0.39, 0.29) is 0 Å². The van der Waals surface area contributed by atoms with Crippen molar-refractivity contribution < 1.29 is 0 Å². The average molecular weight is 377 g/mol. The smallest absolute Gasteiger partial charge is 0.147 e. The summed E-state index contributed by atoms with van der Waals surface area (Å²) in [6.45, 7) is 4.94. The number of aromatic nitrogens is 4. The summed E-state index contributed by atoms with van der Waals surface area (Å²) in [5.74, 6) is 1.48. The zero-order chi connectivity index (χ0) is 19.5. The van der Waals surface area contributed by atoms with Crippen molar-refractivity contribution in [1.82, 2.24) is 25.1 Å². The highest BCUT2D eigenvalue weighted by atomic mass is 15.2. The number of aryl methyl sites for hydroxylation is 1. The minimum atomic E-state index is 0.492. The number of nitrogens with zero attached hydrogens (tertiary/aromatic N) is 5. The van der Waals surface area contributed by atoms with Crippen LogP contribution in [0.4, 0.5) is 5.82 Å². The highest BCUT2D eigenvalue weighted by Gasteiger charge is 2.25. The van der Waals surface area contributed by atoms with Crippen molar-refractivity contribution in [3.63, 3.8) is 0 Å². The molecule has 0 unspecified atom stereocenters. The zero-order valence-corrected chi connectivity index (χ0v) is 16.9. The van der Waals surface area contributed by atoms with Gasteiger partial charge in [-0.25, -0.2) is 4.98 Å². The molecule has 0 bridgehead atoms. The molecule has 1 saturated heterocycles. The van der Waals surface area contributed by atoms with Crippen LogP contribution in [0.15, 0.2) is 42.9 Å². The molecule has 6 nitrogen and oxygen atoms in total. The van der Waals surface area contributed by atoms with Gasteiger partial charge in [0.25, 0.3) is 0 Å². The van der Waals surface area contributed by atoms with E-state index in [2.05, 4.69) is 70.3 Å². The molecular formula is C22H28N6. The Morgan fingerprint density at radius 2 is 1.86 bits per heavy atom. The van der Waals surface area contributed by atoms with Gasteiger partial charge in [-0.2, -0.15) is 5.10 Å². The summed E-state index contributed by atoms with van der Waals surface area (Å²) >= 11 is 0. The van der Waals surface area contributed by atoms with Crippen LogP contribution in [-0.2, 0) is 6.54 Å². The van der Waals surface area contributed by atoms with Crippen molar-refractivity contribution in [3.05, 3.63) is 59.8 Å². The molecule has 1 aliphatic rings. The van der Waals surface area contributed by atoms with Crippen molar-refractivity contribution in [2.45, 2.75) is 32.2 Å². The van der Waals surface area contributed by atoms with Crippen LogP contribution >= 0.6 is 0 Å². The molecule has 1 aliphatic heterocycles. The van der Waals surface area contributed by atoms with Crippen LogP contribution in [0.3, 0.4) is 0 Å². The molecule has 3 heterocycles. The average Bonchev–Trinajstić information content (AvgIpc) is 3.18. The molecular weight excluding hydrogens is 348 g/mol. The van der Waals surface area contributed by atoms with E-state index in [1.54, 1.807) is 0 Å². The number of H-pyrrole nitrogens is 1. The van der Waals surface area contributed by atoms with Crippen LogP contribution in [0, 0.1) is 6.92 Å². The number of benzene rings is 1. The maximum absolute atomic E-state index is 4.80. The molecule has 3 aromatic rings. The predicted molar refractivity (Wildman–Crippen MR) is 112 cm³/mol. The van der Waals surface area contributed by atoms with Crippen molar-refractivity contribution in [2.75, 3.05) is 32.1 Å². The van der Waals surface area contributed by atoms with Gasteiger partial charge in [-0.05, 0) is 45.0 Å². The first-order valence-electron chi connectivity index (χ1n) is 9.91. The number of hydrogen-bond donors (Lipinski definition) is 1. The Hall–Kier alpha value is -2.73. The topological polar surface area (TPSA) is 60.9 Å². The highest BCUT2D eigenvalue weighted by Crippen LogP contribution is 2.35. The normalized spacial score (nSPS) is 15.4. The number of anilines is 1. The van der Waals surface area contributed by atoms with Crippen LogP contribution in [0.1, 0.15) is 35.7 Å². The van der Waals surface area contributed by atoms with Crippen molar-refractivity contribution >= 4 is 5.82 Å². The molecule has 1 N–H and O–H groups in total. The van der Waals surface area contributed by atoms with Gasteiger partial charge in [0, 0.05) is 43.0 Å². The Bertz CT molecular complexity index is 924. The lowest BCUT2D eigenvalue weighted by Gasteiger charge is -2.32. The van der Waals surface area contributed by atoms with E-state index in [1.807, 2.05) is 18.6 Å². The van der Waals surface area contributed by atoms with Gasteiger partial charge < -0.3 is 9.80 Å². The summed E-state index contributed by atoms with van der Waals surface area (Å²) in [5.41, 5.74) is 6.08. The predicted octanol–water partition coefficient (Wildman–Crippen LogP) is 3.62. The minimum Gasteiger partial charge on any atom is -0.355 e. The van der Waals surface area contributed by atoms with Crippen LogP contribution < -0.4 is 4.90 Å². The summed E-state index contributed by atoms with van der Waals surface area (Å²) in [6.07, 6.45) is 7.88. The van der Waals surface area contributed by atoms with E-state index in [1.165, 1.54) is 22.4 Å². The van der Waals surface area contributed by atoms with Gasteiger partial charge in [0.2, 0.25) is 0 Å². The van der Waals surface area contributed by atoms with Gasteiger partial charge >= 0.3 is 0 Å². The molecule has 0 amide bonds. The number of piperidine rings is 1. The fourth-order valence-corrected chi connectivity index (χ4v) is 4.04. The minimum absolute atomic E-state index is 0.492. The molecule has 146 valence electrons. The Morgan fingerprint density at radius 1 is 1.07 bits per heavy atom. The second-order valence-corrected chi connectivity index (χ2v) is 7.88. The fourth-order valence-electron chi connectivity index (χ4n) is 4.04. The first-order valence-corrected chi connectivity index (χ1v) is 9.91. The van der Waals surface area contributed by atoms with E-state index in [0.717, 1.165) is 44.0 Å². The third kappa shape index (κ3) is 3.92. The summed E-state index contributed by atoms with van der Waals surface area (Å²) in [7, 11) is 4.10. The van der Waals surface area contributed by atoms with E-state index in [4.69, 9.17) is 4.98 Å². The molecule has 1 aromatic carbocycles. The first kappa shape index (κ1) is 18.6. The van der Waals surface area contributed by atoms with E-state index in [0.29, 0.717) is 5.92 Å². The van der Waals surface area contributed by atoms with E-state index in [9.17, 15) is 0 Å². The Balaban J connectivity index is 1.47.